The molecule has 214 valence electrons. The van der Waals surface area contributed by atoms with Crippen molar-refractivity contribution in [3.63, 3.8) is 0 Å². The first-order chi connectivity index (χ1) is 25.4. The van der Waals surface area contributed by atoms with Crippen LogP contribution in [0, 0.1) is 0 Å². The summed E-state index contributed by atoms with van der Waals surface area (Å²) >= 11 is 0. The van der Waals surface area contributed by atoms with Crippen LogP contribution in [0.3, 0.4) is 0 Å². The average Bonchev–Trinajstić information content (AvgIpc) is 3.89. The predicted octanol–water partition coefficient (Wildman–Crippen LogP) is 3.73. The molecule has 0 bridgehead atoms. The zero-order valence-corrected chi connectivity index (χ0v) is 22.8. The maximum Gasteiger partial charge on any atom is 0.489 e. The molecule has 7 rings (SSSR count). The lowest BCUT2D eigenvalue weighted by Gasteiger charge is -2.34. The van der Waals surface area contributed by atoms with Gasteiger partial charge in [-0.3, -0.25) is 0 Å². The van der Waals surface area contributed by atoms with Crippen LogP contribution in [0.25, 0.3) is 22.8 Å². The minimum absolute atomic E-state index is 0.0167. The maximum atomic E-state index is 10.0. The van der Waals surface area contributed by atoms with Crippen LogP contribution in [0.1, 0.15) is 29.0 Å². The minimum Gasteiger partial charge on any atom is -0.423 e. The van der Waals surface area contributed by atoms with Crippen molar-refractivity contribution in [2.45, 2.75) is 5.54 Å². The third-order valence-electron chi connectivity index (χ3n) is 6.56. The molecular formula is C33H27BN8O2. The van der Waals surface area contributed by atoms with Gasteiger partial charge in [0.1, 0.15) is 0 Å². The Kier molecular flexibility index (Phi) is 5.75. The maximum absolute atomic E-state index is 10.0. The molecule has 5 aromatic carbocycles. The topological polar surface area (TPSA) is 139 Å². The fourth-order valence-corrected chi connectivity index (χ4v) is 4.66. The Morgan fingerprint density at radius 2 is 1.20 bits per heavy atom. The van der Waals surface area contributed by atoms with E-state index in [9.17, 15) is 10.0 Å². The van der Waals surface area contributed by atoms with Crippen LogP contribution in [-0.4, -0.2) is 58.0 Å². The van der Waals surface area contributed by atoms with E-state index in [4.69, 9.17) is 12.3 Å². The molecule has 0 saturated carbocycles. The van der Waals surface area contributed by atoms with Crippen molar-refractivity contribution in [1.29, 1.82) is 0 Å². The molecule has 0 saturated heterocycles. The number of H-pyrrole nitrogens is 1. The van der Waals surface area contributed by atoms with Crippen LogP contribution >= 0.6 is 0 Å². The highest BCUT2D eigenvalue weighted by molar-refractivity contribution is 6.60. The van der Waals surface area contributed by atoms with Crippen LogP contribution < -0.4 is 5.46 Å². The summed E-state index contributed by atoms with van der Waals surface area (Å²) in [6.45, 7) is 0. The normalized spacial score (nSPS) is 13.8. The smallest absolute Gasteiger partial charge is 0.423 e. The molecule has 7 aromatic rings. The molecule has 0 aliphatic heterocycles. The van der Waals surface area contributed by atoms with Crippen LogP contribution in [0.4, 0.5) is 0 Å². The van der Waals surface area contributed by atoms with Crippen molar-refractivity contribution in [2.24, 2.45) is 0 Å². The van der Waals surface area contributed by atoms with Gasteiger partial charge in [-0.2, -0.15) is 5.21 Å². The number of nitrogens with one attached hydrogen (secondary N) is 1. The molecule has 44 heavy (non-hydrogen) atoms. The van der Waals surface area contributed by atoms with E-state index < -0.39 is 60.4 Å². The first kappa shape index (κ1) is 19.4. The van der Waals surface area contributed by atoms with Crippen LogP contribution in [0.15, 0.2) is 145 Å². The third-order valence-corrected chi connectivity index (χ3v) is 6.56. The summed E-state index contributed by atoms with van der Waals surface area (Å²) in [7, 11) is -2.18. The van der Waals surface area contributed by atoms with Gasteiger partial charge in [-0.05, 0) is 32.6 Å². The molecule has 0 aliphatic carbocycles. The Morgan fingerprint density at radius 3 is 1.73 bits per heavy atom. The highest BCUT2D eigenvalue weighted by Gasteiger charge is 2.41. The quantitative estimate of drug-likeness (QED) is 0.190. The number of hydrogen-bond acceptors (Lipinski definition) is 8. The van der Waals surface area contributed by atoms with Crippen molar-refractivity contribution >= 4 is 12.6 Å². The SMILES string of the molecule is [2H]c1c([2H])c([2H])c(-c2nn[nH]n2)c([2H])c1[2H].[2H]c1c([2H])c([2H])c(-c2nnn(C(c3ccccc3)(c3ccccc3)c3ccccc3)n2)c(B(O)O)c1[2H]. The largest absolute Gasteiger partial charge is 0.489 e. The Labute approximate surface area is 266 Å². The molecule has 0 amide bonds. The highest BCUT2D eigenvalue weighted by atomic mass is 16.4. The summed E-state index contributed by atoms with van der Waals surface area (Å²) in [5, 5.41) is 45.8. The Balaban J connectivity index is 0.000000250. The Hall–Kier alpha value is -5.78. The number of aromatic amines is 1. The predicted molar refractivity (Wildman–Crippen MR) is 167 cm³/mol. The van der Waals surface area contributed by atoms with Gasteiger partial charge in [0.2, 0.25) is 11.6 Å². The van der Waals surface area contributed by atoms with Crippen molar-refractivity contribution in [1.82, 2.24) is 40.8 Å². The van der Waals surface area contributed by atoms with E-state index in [1.54, 1.807) is 0 Å². The molecule has 0 spiro atoms. The molecule has 11 heteroatoms. The number of tetrazole rings is 2. The fourth-order valence-electron chi connectivity index (χ4n) is 4.66. The van der Waals surface area contributed by atoms with Gasteiger partial charge in [-0.15, -0.1) is 25.2 Å². The number of nitrogens with zero attached hydrogens (tertiary/aromatic N) is 7. The molecule has 3 N–H and O–H groups in total. The lowest BCUT2D eigenvalue weighted by atomic mass is 9.77. The summed E-state index contributed by atoms with van der Waals surface area (Å²) in [4.78, 5) is 1.40. The monoisotopic (exact) mass is 587 g/mol. The second-order valence-electron chi connectivity index (χ2n) is 9.11. The van der Waals surface area contributed by atoms with Crippen molar-refractivity contribution in [3.8, 4) is 22.8 Å². The van der Waals surface area contributed by atoms with Gasteiger partial charge >= 0.3 is 7.12 Å². The van der Waals surface area contributed by atoms with Crippen LogP contribution in [0.5, 0.6) is 0 Å². The summed E-state index contributed by atoms with van der Waals surface area (Å²) in [6, 6.07) is 24.6. The standard InChI is InChI=1S/C26H21BN4O2.C7H6N4/c32-27(33)24-19-11-10-18-23(24)25-28-30-31(29-25)26(20-12-4-1-5-13-20,21-14-6-2-7-15-21)22-16-8-3-9-17-22;1-2-4-6(5-3-1)7-8-10-11-9-7/h1-19,32-33H;1-5H,(H,8,9,10,11)/i10D,11D,18D,19D;1D,2D,3D,4D,5D. The van der Waals surface area contributed by atoms with Crippen molar-refractivity contribution in [3.05, 3.63) is 162 Å². The van der Waals surface area contributed by atoms with Gasteiger partial charge in [-0.1, -0.05) is 145 Å². The van der Waals surface area contributed by atoms with E-state index in [-0.39, 0.29) is 34.9 Å². The number of aromatic nitrogens is 8. The molecule has 0 atom stereocenters. The molecule has 0 aliphatic rings. The van der Waals surface area contributed by atoms with Crippen LogP contribution in [-0.2, 0) is 5.54 Å². The lowest BCUT2D eigenvalue weighted by Crippen LogP contribution is -2.39. The van der Waals surface area contributed by atoms with Crippen molar-refractivity contribution in [2.75, 3.05) is 0 Å². The van der Waals surface area contributed by atoms with Crippen LogP contribution in [0.2, 0.25) is 0 Å². The fraction of sp³-hybridized carbons (Fsp3) is 0.0303. The highest BCUT2D eigenvalue weighted by Crippen LogP contribution is 2.39. The molecule has 0 radical (unpaired) electrons. The van der Waals surface area contributed by atoms with Gasteiger partial charge in [0.05, 0.1) is 12.3 Å². The second-order valence-corrected chi connectivity index (χ2v) is 9.11. The summed E-state index contributed by atoms with van der Waals surface area (Å²) < 4.78 is 70.2. The van der Waals surface area contributed by atoms with Crippen molar-refractivity contribution < 1.29 is 22.4 Å². The third kappa shape index (κ3) is 5.65. The van der Waals surface area contributed by atoms with Gasteiger partial charge in [0.25, 0.3) is 0 Å². The summed E-state index contributed by atoms with van der Waals surface area (Å²) in [6.07, 6.45) is 0. The molecule has 2 heterocycles. The van der Waals surface area contributed by atoms with Gasteiger partial charge in [-0.25, -0.2) is 0 Å². The van der Waals surface area contributed by atoms with E-state index in [1.807, 2.05) is 91.0 Å². The average molecular weight is 587 g/mol. The number of benzene rings is 5. The minimum atomic E-state index is -2.18. The van der Waals surface area contributed by atoms with Gasteiger partial charge in [0, 0.05) is 11.1 Å². The van der Waals surface area contributed by atoms with Gasteiger partial charge in [0.15, 0.2) is 5.54 Å². The Bertz CT molecular complexity index is 2260. The van der Waals surface area contributed by atoms with E-state index in [0.717, 1.165) is 16.7 Å². The summed E-state index contributed by atoms with van der Waals surface area (Å²) in [5.74, 6) is -0.181. The van der Waals surface area contributed by atoms with Gasteiger partial charge < -0.3 is 10.0 Å². The molecule has 10 nitrogen and oxygen atoms in total. The Morgan fingerprint density at radius 1 is 0.659 bits per heavy atom. The second kappa shape index (κ2) is 13.0. The van der Waals surface area contributed by atoms with E-state index in [2.05, 4.69) is 36.0 Å². The van der Waals surface area contributed by atoms with E-state index in [1.165, 1.54) is 4.80 Å². The lowest BCUT2D eigenvalue weighted by molar-refractivity contribution is 0.395. The number of hydrogen-bond donors (Lipinski definition) is 3. The zero-order chi connectivity index (χ0) is 38.0. The first-order valence-corrected chi connectivity index (χ1v) is 13.2. The summed E-state index contributed by atoms with van der Waals surface area (Å²) in [5.41, 5.74) is 0.680. The number of rotatable bonds is 7. The molecule has 0 unspecified atom stereocenters. The molecule has 0 fully saturated rings. The first-order valence-electron chi connectivity index (χ1n) is 17.7. The zero-order valence-electron chi connectivity index (χ0n) is 31.8. The van der Waals surface area contributed by atoms with E-state index in [0.29, 0.717) is 0 Å². The molecule has 2 aromatic heterocycles. The molecular weight excluding hydrogens is 551 g/mol. The van der Waals surface area contributed by atoms with E-state index >= 15 is 0 Å².